The normalized spacial score (nSPS) is 26.3. The lowest BCUT2D eigenvalue weighted by Crippen LogP contribution is -2.47. The number of unbranched alkanes of at least 4 members (excludes halogenated alkanes) is 3. The highest BCUT2D eigenvalue weighted by molar-refractivity contribution is 5.36. The van der Waals surface area contributed by atoms with Gasteiger partial charge >= 0.3 is 0 Å². The molecule has 1 fully saturated rings. The Balaban J connectivity index is 2.01. The molecule has 1 aliphatic rings. The van der Waals surface area contributed by atoms with Crippen LogP contribution in [-0.2, 0) is 5.41 Å². The molecule has 1 N–H and O–H groups in total. The van der Waals surface area contributed by atoms with Crippen molar-refractivity contribution in [1.29, 1.82) is 0 Å². The lowest BCUT2D eigenvalue weighted by atomic mass is 9.68. The molecule has 1 saturated heterocycles. The monoisotopic (exact) mass is 307 g/mol. The molecule has 2 rings (SSSR count). The second-order valence-electron chi connectivity index (χ2n) is 7.07. The van der Waals surface area contributed by atoms with E-state index in [4.69, 9.17) is 0 Å². The van der Waals surface area contributed by atoms with Crippen molar-refractivity contribution in [3.05, 3.63) is 29.6 Å². The van der Waals surface area contributed by atoms with Gasteiger partial charge in [0.2, 0.25) is 0 Å². The van der Waals surface area contributed by atoms with Gasteiger partial charge in [-0.2, -0.15) is 0 Å². The van der Waals surface area contributed by atoms with E-state index in [0.29, 0.717) is 11.5 Å². The van der Waals surface area contributed by atoms with Gasteiger partial charge in [-0.25, -0.2) is 4.39 Å². The molecule has 2 atom stereocenters. The minimum Gasteiger partial charge on any atom is -0.505 e. The number of hydrogen-bond acceptors (Lipinski definition) is 2. The molecule has 0 spiro atoms. The number of halogens is 1. The Morgan fingerprint density at radius 3 is 2.77 bits per heavy atom. The van der Waals surface area contributed by atoms with Crippen LogP contribution in [0.15, 0.2) is 18.2 Å². The number of piperidine rings is 1. The number of phenols is 1. The molecule has 0 aromatic heterocycles. The van der Waals surface area contributed by atoms with Gasteiger partial charge in [-0.3, -0.25) is 0 Å². The standard InChI is InChI=1S/C19H30FNO/c1-4-5-6-7-12-21-13-11-19(3,15(2)14-21)16-9-8-10-17(22)18(16)20/h8-10,15,22H,4-7,11-14H2,1-3H3/t15-,19-/m0/s1. The molecule has 3 heteroatoms. The Morgan fingerprint density at radius 2 is 2.09 bits per heavy atom. The number of nitrogens with zero attached hydrogens (tertiary/aromatic N) is 1. The molecule has 0 radical (unpaired) electrons. The Morgan fingerprint density at radius 1 is 1.32 bits per heavy atom. The Labute approximate surface area is 134 Å². The highest BCUT2D eigenvalue weighted by Gasteiger charge is 2.39. The summed E-state index contributed by atoms with van der Waals surface area (Å²) in [6, 6.07) is 5.01. The topological polar surface area (TPSA) is 23.5 Å². The van der Waals surface area contributed by atoms with Crippen LogP contribution in [0.3, 0.4) is 0 Å². The van der Waals surface area contributed by atoms with Crippen molar-refractivity contribution in [3.63, 3.8) is 0 Å². The van der Waals surface area contributed by atoms with Crippen molar-refractivity contribution in [2.45, 2.75) is 58.3 Å². The first kappa shape index (κ1) is 17.3. The zero-order valence-corrected chi connectivity index (χ0v) is 14.2. The summed E-state index contributed by atoms with van der Waals surface area (Å²) in [6.07, 6.45) is 6.10. The van der Waals surface area contributed by atoms with Gasteiger partial charge in [-0.15, -0.1) is 0 Å². The molecule has 124 valence electrons. The van der Waals surface area contributed by atoms with Crippen LogP contribution in [0, 0.1) is 11.7 Å². The summed E-state index contributed by atoms with van der Waals surface area (Å²) in [7, 11) is 0. The molecule has 1 heterocycles. The molecular formula is C19H30FNO. The third-order valence-electron chi connectivity index (χ3n) is 5.49. The van der Waals surface area contributed by atoms with Crippen molar-refractivity contribution >= 4 is 0 Å². The number of aromatic hydroxyl groups is 1. The Kier molecular flexibility index (Phi) is 5.85. The van der Waals surface area contributed by atoms with Crippen molar-refractivity contribution in [3.8, 4) is 5.75 Å². The molecule has 1 aromatic rings. The van der Waals surface area contributed by atoms with E-state index in [1.54, 1.807) is 6.07 Å². The van der Waals surface area contributed by atoms with E-state index < -0.39 is 5.82 Å². The molecule has 0 amide bonds. The van der Waals surface area contributed by atoms with Crippen LogP contribution in [0.1, 0.15) is 58.4 Å². The van der Waals surface area contributed by atoms with Gasteiger partial charge in [-0.1, -0.05) is 52.2 Å². The van der Waals surface area contributed by atoms with E-state index in [2.05, 4.69) is 25.7 Å². The van der Waals surface area contributed by atoms with Crippen LogP contribution in [0.2, 0.25) is 0 Å². The maximum Gasteiger partial charge on any atom is 0.168 e. The minimum absolute atomic E-state index is 0.192. The van der Waals surface area contributed by atoms with Gasteiger partial charge in [0.1, 0.15) is 0 Å². The fourth-order valence-corrected chi connectivity index (χ4v) is 3.64. The summed E-state index contributed by atoms with van der Waals surface area (Å²) >= 11 is 0. The average molecular weight is 307 g/mol. The first-order valence-corrected chi connectivity index (χ1v) is 8.69. The zero-order valence-electron chi connectivity index (χ0n) is 14.2. The van der Waals surface area contributed by atoms with E-state index in [1.165, 1.54) is 31.7 Å². The quantitative estimate of drug-likeness (QED) is 0.769. The largest absolute Gasteiger partial charge is 0.505 e. The molecule has 0 unspecified atom stereocenters. The number of phenolic OH excluding ortho intramolecular Hbond substituents is 1. The summed E-state index contributed by atoms with van der Waals surface area (Å²) in [4.78, 5) is 2.52. The second-order valence-corrected chi connectivity index (χ2v) is 7.07. The summed E-state index contributed by atoms with van der Waals surface area (Å²) in [5.41, 5.74) is 0.480. The molecule has 1 aliphatic heterocycles. The van der Waals surface area contributed by atoms with Crippen molar-refractivity contribution < 1.29 is 9.50 Å². The van der Waals surface area contributed by atoms with E-state index in [1.807, 2.05) is 6.07 Å². The molecule has 0 saturated carbocycles. The van der Waals surface area contributed by atoms with E-state index >= 15 is 0 Å². The predicted molar refractivity (Wildman–Crippen MR) is 89.8 cm³/mol. The first-order chi connectivity index (χ1) is 10.5. The first-order valence-electron chi connectivity index (χ1n) is 8.69. The van der Waals surface area contributed by atoms with Gasteiger partial charge in [0.25, 0.3) is 0 Å². The van der Waals surface area contributed by atoms with Crippen LogP contribution in [-0.4, -0.2) is 29.6 Å². The Hall–Kier alpha value is -1.09. The molecule has 0 bridgehead atoms. The minimum atomic E-state index is -0.437. The van der Waals surface area contributed by atoms with Crippen molar-refractivity contribution in [2.75, 3.05) is 19.6 Å². The Bertz CT molecular complexity index is 490. The SMILES string of the molecule is CCCCCCN1CC[C@](C)(c2cccc(O)c2F)[C@@H](C)C1. The van der Waals surface area contributed by atoms with Crippen LogP contribution in [0.5, 0.6) is 5.75 Å². The highest BCUT2D eigenvalue weighted by atomic mass is 19.1. The molecule has 22 heavy (non-hydrogen) atoms. The average Bonchev–Trinajstić information content (AvgIpc) is 2.50. The van der Waals surface area contributed by atoms with Gasteiger partial charge in [0.15, 0.2) is 11.6 Å². The molecule has 0 aliphatic carbocycles. The summed E-state index contributed by atoms with van der Waals surface area (Å²) in [6.45, 7) is 9.77. The molecule has 2 nitrogen and oxygen atoms in total. The van der Waals surface area contributed by atoms with Gasteiger partial charge < -0.3 is 10.0 Å². The van der Waals surface area contributed by atoms with E-state index in [0.717, 1.165) is 26.1 Å². The van der Waals surface area contributed by atoms with Crippen LogP contribution >= 0.6 is 0 Å². The number of rotatable bonds is 6. The van der Waals surface area contributed by atoms with Gasteiger partial charge in [-0.05, 0) is 43.5 Å². The number of benzene rings is 1. The second kappa shape index (κ2) is 7.45. The maximum atomic E-state index is 14.3. The lowest BCUT2D eigenvalue weighted by Gasteiger charge is -2.45. The summed E-state index contributed by atoms with van der Waals surface area (Å²) in [5, 5.41) is 9.66. The van der Waals surface area contributed by atoms with Crippen LogP contribution < -0.4 is 0 Å². The molecule has 1 aromatic carbocycles. The number of likely N-dealkylation sites (tertiary alicyclic amines) is 1. The van der Waals surface area contributed by atoms with Crippen LogP contribution in [0.4, 0.5) is 4.39 Å². The van der Waals surface area contributed by atoms with Gasteiger partial charge in [0.05, 0.1) is 0 Å². The summed E-state index contributed by atoms with van der Waals surface area (Å²) in [5.74, 6) is -0.287. The maximum absolute atomic E-state index is 14.3. The summed E-state index contributed by atoms with van der Waals surface area (Å²) < 4.78 is 14.3. The third kappa shape index (κ3) is 3.62. The van der Waals surface area contributed by atoms with E-state index in [-0.39, 0.29) is 11.2 Å². The predicted octanol–water partition coefficient (Wildman–Crippen LogP) is 4.71. The zero-order chi connectivity index (χ0) is 16.2. The fraction of sp³-hybridized carbons (Fsp3) is 0.684. The van der Waals surface area contributed by atoms with E-state index in [9.17, 15) is 9.50 Å². The lowest BCUT2D eigenvalue weighted by molar-refractivity contribution is 0.107. The van der Waals surface area contributed by atoms with Gasteiger partial charge in [0, 0.05) is 12.0 Å². The highest BCUT2D eigenvalue weighted by Crippen LogP contribution is 2.41. The van der Waals surface area contributed by atoms with Crippen molar-refractivity contribution in [2.24, 2.45) is 5.92 Å². The smallest absolute Gasteiger partial charge is 0.168 e. The number of hydrogen-bond donors (Lipinski definition) is 1. The fourth-order valence-electron chi connectivity index (χ4n) is 3.64. The molecular weight excluding hydrogens is 277 g/mol. The third-order valence-corrected chi connectivity index (χ3v) is 5.49. The van der Waals surface area contributed by atoms with Crippen LogP contribution in [0.25, 0.3) is 0 Å². The van der Waals surface area contributed by atoms with Crippen molar-refractivity contribution in [1.82, 2.24) is 4.90 Å².